The maximum atomic E-state index is 9.94. The van der Waals surface area contributed by atoms with Gasteiger partial charge in [-0.3, -0.25) is 4.90 Å². The van der Waals surface area contributed by atoms with Gasteiger partial charge in [0.15, 0.2) is 0 Å². The molecule has 0 radical (unpaired) electrons. The molecule has 1 heterocycles. The zero-order chi connectivity index (χ0) is 11.7. The molecule has 1 aromatic carbocycles. The van der Waals surface area contributed by atoms with Crippen LogP contribution in [0.5, 0.6) is 5.75 Å². The van der Waals surface area contributed by atoms with E-state index in [1.165, 1.54) is 0 Å². The summed E-state index contributed by atoms with van der Waals surface area (Å²) in [6.07, 6.45) is 0.615. The van der Waals surface area contributed by atoms with E-state index in [0.29, 0.717) is 18.8 Å². The highest BCUT2D eigenvalue weighted by Gasteiger charge is 2.21. The van der Waals surface area contributed by atoms with Crippen LogP contribution < -0.4 is 0 Å². The van der Waals surface area contributed by atoms with E-state index >= 15 is 0 Å². The van der Waals surface area contributed by atoms with Crippen LogP contribution in [-0.4, -0.2) is 34.3 Å². The fraction of sp³-hybridized carbons (Fsp3) is 0.500. The van der Waals surface area contributed by atoms with Gasteiger partial charge < -0.3 is 10.2 Å². The average Bonchev–Trinajstić information content (AvgIpc) is 2.60. The number of aromatic hydroxyl groups is 1. The van der Waals surface area contributed by atoms with Crippen LogP contribution >= 0.6 is 15.9 Å². The molecule has 88 valence electrons. The maximum absolute atomic E-state index is 9.94. The fourth-order valence-corrected chi connectivity index (χ4v) is 2.74. The van der Waals surface area contributed by atoms with E-state index in [4.69, 9.17) is 0 Å². The number of halogens is 1. The molecule has 16 heavy (non-hydrogen) atoms. The van der Waals surface area contributed by atoms with Crippen molar-refractivity contribution < 1.29 is 10.2 Å². The Bertz CT molecular complexity index is 395. The Balaban J connectivity index is 2.15. The number of β-amino-alcohol motifs (C(OH)–C–C–N with tert-alkyl or cyclic N) is 1. The molecular weight excluding hydrogens is 270 g/mol. The van der Waals surface area contributed by atoms with Crippen LogP contribution in [0.4, 0.5) is 0 Å². The highest BCUT2D eigenvalue weighted by Crippen LogP contribution is 2.28. The van der Waals surface area contributed by atoms with Crippen molar-refractivity contribution in [3.63, 3.8) is 0 Å². The summed E-state index contributed by atoms with van der Waals surface area (Å²) in [6, 6.07) is 3.84. The van der Waals surface area contributed by atoms with Crippen LogP contribution in [0, 0.1) is 6.92 Å². The van der Waals surface area contributed by atoms with E-state index in [0.717, 1.165) is 28.6 Å². The molecule has 0 unspecified atom stereocenters. The van der Waals surface area contributed by atoms with Gasteiger partial charge in [0, 0.05) is 29.7 Å². The monoisotopic (exact) mass is 285 g/mol. The van der Waals surface area contributed by atoms with Crippen LogP contribution in [-0.2, 0) is 6.54 Å². The van der Waals surface area contributed by atoms with Crippen molar-refractivity contribution >= 4 is 15.9 Å². The molecule has 1 aliphatic heterocycles. The van der Waals surface area contributed by atoms with Crippen molar-refractivity contribution in [2.75, 3.05) is 13.1 Å². The molecule has 0 spiro atoms. The van der Waals surface area contributed by atoms with Crippen LogP contribution in [0.15, 0.2) is 16.6 Å². The topological polar surface area (TPSA) is 43.7 Å². The van der Waals surface area contributed by atoms with Crippen molar-refractivity contribution in [2.24, 2.45) is 0 Å². The predicted octanol–water partition coefficient (Wildman–Crippen LogP) is 2.03. The Morgan fingerprint density at radius 1 is 1.50 bits per heavy atom. The van der Waals surface area contributed by atoms with Crippen LogP contribution in [0.3, 0.4) is 0 Å². The Morgan fingerprint density at radius 2 is 2.25 bits per heavy atom. The molecule has 1 fully saturated rings. The van der Waals surface area contributed by atoms with Gasteiger partial charge in [0.05, 0.1) is 6.10 Å². The summed E-state index contributed by atoms with van der Waals surface area (Å²) in [5, 5.41) is 19.4. The molecule has 0 bridgehead atoms. The molecule has 1 aliphatic rings. The standard InChI is InChI=1S/C12H16BrNO2/c1-8-4-10(13)5-9(12(8)16)6-14-3-2-11(15)7-14/h4-5,11,15-16H,2-3,6-7H2,1H3/t11-/m1/s1. The fourth-order valence-electron chi connectivity index (χ4n) is 2.12. The summed E-state index contributed by atoms with van der Waals surface area (Å²) in [6.45, 7) is 4.18. The lowest BCUT2D eigenvalue weighted by Crippen LogP contribution is -2.21. The zero-order valence-corrected chi connectivity index (χ0v) is 10.9. The molecule has 2 N–H and O–H groups in total. The number of phenols is 1. The summed E-state index contributed by atoms with van der Waals surface area (Å²) < 4.78 is 0.984. The molecule has 0 aromatic heterocycles. The summed E-state index contributed by atoms with van der Waals surface area (Å²) in [7, 11) is 0. The van der Waals surface area contributed by atoms with E-state index in [1.807, 2.05) is 19.1 Å². The minimum atomic E-state index is -0.213. The Hall–Kier alpha value is -0.580. The molecule has 1 aromatic rings. The van der Waals surface area contributed by atoms with Crippen LogP contribution in [0.25, 0.3) is 0 Å². The smallest absolute Gasteiger partial charge is 0.123 e. The maximum Gasteiger partial charge on any atom is 0.123 e. The number of likely N-dealkylation sites (tertiary alicyclic amines) is 1. The van der Waals surface area contributed by atoms with Gasteiger partial charge in [-0.1, -0.05) is 15.9 Å². The largest absolute Gasteiger partial charge is 0.507 e. The number of phenolic OH excluding ortho intramolecular Hbond substituents is 1. The van der Waals surface area contributed by atoms with Gasteiger partial charge in [-0.05, 0) is 31.0 Å². The quantitative estimate of drug-likeness (QED) is 0.874. The second kappa shape index (κ2) is 4.73. The van der Waals surface area contributed by atoms with Crippen LogP contribution in [0.1, 0.15) is 17.5 Å². The van der Waals surface area contributed by atoms with Crippen molar-refractivity contribution in [3.8, 4) is 5.75 Å². The van der Waals surface area contributed by atoms with E-state index in [-0.39, 0.29) is 6.10 Å². The minimum Gasteiger partial charge on any atom is -0.507 e. The van der Waals surface area contributed by atoms with E-state index in [2.05, 4.69) is 20.8 Å². The normalized spacial score (nSPS) is 21.6. The number of rotatable bonds is 2. The van der Waals surface area contributed by atoms with Gasteiger partial charge in [0.2, 0.25) is 0 Å². The molecule has 3 nitrogen and oxygen atoms in total. The Morgan fingerprint density at radius 3 is 2.88 bits per heavy atom. The van der Waals surface area contributed by atoms with Crippen molar-refractivity contribution in [1.29, 1.82) is 0 Å². The third kappa shape index (κ3) is 2.56. The third-order valence-corrected chi connectivity index (χ3v) is 3.44. The molecule has 1 atom stereocenters. The number of aliphatic hydroxyl groups excluding tert-OH is 1. The molecule has 0 saturated carbocycles. The van der Waals surface area contributed by atoms with Gasteiger partial charge in [-0.2, -0.15) is 0 Å². The molecule has 4 heteroatoms. The second-order valence-electron chi connectivity index (χ2n) is 4.41. The van der Waals surface area contributed by atoms with Gasteiger partial charge in [0.25, 0.3) is 0 Å². The molecule has 0 amide bonds. The SMILES string of the molecule is Cc1cc(Br)cc(CN2CC[C@@H](O)C2)c1O. The van der Waals surface area contributed by atoms with Gasteiger partial charge >= 0.3 is 0 Å². The number of hydrogen-bond acceptors (Lipinski definition) is 3. The first-order chi connectivity index (χ1) is 7.56. The summed E-state index contributed by atoms with van der Waals surface area (Å²) in [5.74, 6) is 0.365. The van der Waals surface area contributed by atoms with E-state index < -0.39 is 0 Å². The number of aryl methyl sites for hydroxylation is 1. The molecule has 2 rings (SSSR count). The zero-order valence-electron chi connectivity index (χ0n) is 9.28. The second-order valence-corrected chi connectivity index (χ2v) is 5.32. The number of hydrogen-bond donors (Lipinski definition) is 2. The van der Waals surface area contributed by atoms with Gasteiger partial charge in [0.1, 0.15) is 5.75 Å². The summed E-state index contributed by atoms with van der Waals surface area (Å²) >= 11 is 3.43. The number of nitrogens with zero attached hydrogens (tertiary/aromatic N) is 1. The first-order valence-electron chi connectivity index (χ1n) is 5.44. The lowest BCUT2D eigenvalue weighted by Gasteiger charge is -2.17. The highest BCUT2D eigenvalue weighted by atomic mass is 79.9. The number of aliphatic hydroxyl groups is 1. The first-order valence-corrected chi connectivity index (χ1v) is 6.24. The molecule has 0 aliphatic carbocycles. The van der Waals surface area contributed by atoms with Gasteiger partial charge in [-0.25, -0.2) is 0 Å². The number of benzene rings is 1. The third-order valence-electron chi connectivity index (χ3n) is 2.99. The lowest BCUT2D eigenvalue weighted by atomic mass is 10.1. The highest BCUT2D eigenvalue weighted by molar-refractivity contribution is 9.10. The van der Waals surface area contributed by atoms with E-state index in [9.17, 15) is 10.2 Å². The molecular formula is C12H16BrNO2. The Labute approximate surface area is 104 Å². The van der Waals surface area contributed by atoms with Crippen molar-refractivity contribution in [3.05, 3.63) is 27.7 Å². The Kier molecular flexibility index (Phi) is 3.52. The van der Waals surface area contributed by atoms with Crippen molar-refractivity contribution in [1.82, 2.24) is 4.90 Å². The van der Waals surface area contributed by atoms with E-state index in [1.54, 1.807) is 0 Å². The van der Waals surface area contributed by atoms with Gasteiger partial charge in [-0.15, -0.1) is 0 Å². The summed E-state index contributed by atoms with van der Waals surface area (Å²) in [5.41, 5.74) is 1.80. The average molecular weight is 286 g/mol. The van der Waals surface area contributed by atoms with Crippen molar-refractivity contribution in [2.45, 2.75) is 26.0 Å². The van der Waals surface area contributed by atoms with Crippen LogP contribution in [0.2, 0.25) is 0 Å². The minimum absolute atomic E-state index is 0.213. The summed E-state index contributed by atoms with van der Waals surface area (Å²) in [4.78, 5) is 2.16. The predicted molar refractivity (Wildman–Crippen MR) is 66.4 cm³/mol. The first kappa shape index (κ1) is 11.9. The molecule has 1 saturated heterocycles. The lowest BCUT2D eigenvalue weighted by molar-refractivity contribution is 0.174.